The van der Waals surface area contributed by atoms with E-state index in [4.69, 9.17) is 23.1 Å². The molecule has 5 nitrogen and oxygen atoms in total. The number of halogens is 4. The van der Waals surface area contributed by atoms with E-state index in [0.717, 1.165) is 0 Å². The molecule has 1 aromatic rings. The number of nitrogens with two attached hydrogens (primary N) is 2. The predicted molar refractivity (Wildman–Crippen MR) is 62.5 cm³/mol. The Morgan fingerprint density at radius 1 is 1.37 bits per heavy atom. The van der Waals surface area contributed by atoms with E-state index in [-0.39, 0.29) is 11.1 Å². The molecule has 1 aliphatic rings. The number of nitrogens with zero attached hydrogens (tertiary/aromatic N) is 2. The second-order valence-corrected chi connectivity index (χ2v) is 4.21. The number of rotatable bonds is 1. The van der Waals surface area contributed by atoms with Gasteiger partial charge in [0.2, 0.25) is 5.28 Å². The van der Waals surface area contributed by atoms with Crippen molar-refractivity contribution >= 4 is 11.6 Å². The van der Waals surface area contributed by atoms with Crippen LogP contribution in [0.2, 0.25) is 5.28 Å². The lowest BCUT2D eigenvalue weighted by Crippen LogP contribution is -2.52. The smallest absolute Gasteiger partial charge is 0.385 e. The minimum atomic E-state index is -4.66. The standard InChI is InChI=1S/C10H9ClF3N5/c11-8-17-4-5(10(12,13)14)7(18-8)9(16)3-1-2-6(15)19-9/h1-4,19H,15-16H2. The fourth-order valence-electron chi connectivity index (χ4n) is 1.65. The molecule has 2 heterocycles. The molecule has 0 fully saturated rings. The first-order valence-corrected chi connectivity index (χ1v) is 5.42. The van der Waals surface area contributed by atoms with Gasteiger partial charge in [0.25, 0.3) is 0 Å². The summed E-state index contributed by atoms with van der Waals surface area (Å²) in [6, 6.07) is 0. The van der Waals surface area contributed by atoms with Crippen LogP contribution in [-0.4, -0.2) is 9.97 Å². The molecular formula is C10H9ClF3N5. The number of allylic oxidation sites excluding steroid dienone is 2. The third kappa shape index (κ3) is 2.64. The highest BCUT2D eigenvalue weighted by Gasteiger charge is 2.41. The van der Waals surface area contributed by atoms with Crippen molar-refractivity contribution in [2.45, 2.75) is 11.8 Å². The summed E-state index contributed by atoms with van der Waals surface area (Å²) in [5, 5.41) is 2.19. The van der Waals surface area contributed by atoms with Crippen LogP contribution in [0.4, 0.5) is 13.2 Å². The van der Waals surface area contributed by atoms with Crippen molar-refractivity contribution in [2.24, 2.45) is 11.5 Å². The molecular weight excluding hydrogens is 283 g/mol. The summed E-state index contributed by atoms with van der Waals surface area (Å²) in [6.07, 6.45) is 0.126. The van der Waals surface area contributed by atoms with E-state index < -0.39 is 23.1 Å². The van der Waals surface area contributed by atoms with E-state index in [2.05, 4.69) is 15.3 Å². The third-order valence-corrected chi connectivity index (χ3v) is 2.62. The Hall–Kier alpha value is -1.80. The molecule has 0 saturated heterocycles. The van der Waals surface area contributed by atoms with Crippen LogP contribution < -0.4 is 16.8 Å². The fourth-order valence-corrected chi connectivity index (χ4v) is 1.78. The zero-order valence-electron chi connectivity index (χ0n) is 9.37. The molecule has 0 radical (unpaired) electrons. The van der Waals surface area contributed by atoms with Crippen molar-refractivity contribution in [3.8, 4) is 0 Å². The van der Waals surface area contributed by atoms with E-state index in [1.807, 2.05) is 0 Å². The van der Waals surface area contributed by atoms with Gasteiger partial charge < -0.3 is 16.8 Å². The Kier molecular flexibility index (Phi) is 3.15. The zero-order valence-corrected chi connectivity index (χ0v) is 10.1. The number of nitrogens with one attached hydrogen (secondary N) is 1. The minimum absolute atomic E-state index is 0.118. The molecule has 0 bridgehead atoms. The largest absolute Gasteiger partial charge is 0.419 e. The average molecular weight is 292 g/mol. The first-order chi connectivity index (χ1) is 8.72. The van der Waals surface area contributed by atoms with Crippen molar-refractivity contribution in [1.29, 1.82) is 0 Å². The third-order valence-electron chi connectivity index (χ3n) is 2.44. The number of hydrogen-bond donors (Lipinski definition) is 3. The second-order valence-electron chi connectivity index (χ2n) is 3.87. The van der Waals surface area contributed by atoms with Crippen LogP contribution in [0.5, 0.6) is 0 Å². The van der Waals surface area contributed by atoms with Crippen LogP contribution >= 0.6 is 11.6 Å². The van der Waals surface area contributed by atoms with Crippen LogP contribution in [0.1, 0.15) is 11.3 Å². The molecule has 1 aliphatic heterocycles. The van der Waals surface area contributed by atoms with Crippen LogP contribution in [0.3, 0.4) is 0 Å². The van der Waals surface area contributed by atoms with Gasteiger partial charge in [0.1, 0.15) is 5.69 Å². The fraction of sp³-hybridized carbons (Fsp3) is 0.200. The first-order valence-electron chi connectivity index (χ1n) is 5.04. The molecule has 5 N–H and O–H groups in total. The Balaban J connectivity index is 2.59. The summed E-state index contributed by atoms with van der Waals surface area (Å²) in [5.74, 6) is 0.118. The average Bonchev–Trinajstić information content (AvgIpc) is 2.26. The zero-order chi connectivity index (χ0) is 14.3. The molecule has 19 heavy (non-hydrogen) atoms. The van der Waals surface area contributed by atoms with Gasteiger partial charge >= 0.3 is 6.18 Å². The number of hydrogen-bond acceptors (Lipinski definition) is 5. The number of alkyl halides is 3. The molecule has 0 saturated carbocycles. The van der Waals surface area contributed by atoms with E-state index in [9.17, 15) is 13.2 Å². The number of aromatic nitrogens is 2. The van der Waals surface area contributed by atoms with E-state index >= 15 is 0 Å². The van der Waals surface area contributed by atoms with Gasteiger partial charge in [-0.1, -0.05) is 6.08 Å². The van der Waals surface area contributed by atoms with Gasteiger partial charge in [0.05, 0.1) is 11.4 Å². The van der Waals surface area contributed by atoms with Gasteiger partial charge in [-0.15, -0.1) is 0 Å². The van der Waals surface area contributed by atoms with Crippen LogP contribution in [0, 0.1) is 0 Å². The van der Waals surface area contributed by atoms with Crippen molar-refractivity contribution in [3.63, 3.8) is 0 Å². The van der Waals surface area contributed by atoms with Crippen molar-refractivity contribution in [3.05, 3.63) is 46.8 Å². The van der Waals surface area contributed by atoms with Crippen molar-refractivity contribution < 1.29 is 13.2 Å². The molecule has 9 heteroatoms. The van der Waals surface area contributed by atoms with Crippen molar-refractivity contribution in [1.82, 2.24) is 15.3 Å². The highest BCUT2D eigenvalue weighted by atomic mass is 35.5. The molecule has 2 rings (SSSR count). The van der Waals surface area contributed by atoms with Crippen LogP contribution in [0.15, 0.2) is 30.2 Å². The molecule has 1 unspecified atom stereocenters. The van der Waals surface area contributed by atoms with Crippen molar-refractivity contribution in [2.75, 3.05) is 0 Å². The monoisotopic (exact) mass is 291 g/mol. The molecule has 102 valence electrons. The highest BCUT2D eigenvalue weighted by Crippen LogP contribution is 2.35. The van der Waals surface area contributed by atoms with Gasteiger partial charge in [-0.05, 0) is 23.8 Å². The Bertz CT molecular complexity index is 569. The molecule has 0 spiro atoms. The maximum absolute atomic E-state index is 12.9. The summed E-state index contributed by atoms with van der Waals surface area (Å²) >= 11 is 5.54. The lowest BCUT2D eigenvalue weighted by Gasteiger charge is -2.31. The second kappa shape index (κ2) is 4.39. The predicted octanol–water partition coefficient (Wildman–Crippen LogP) is 1.22. The highest BCUT2D eigenvalue weighted by molar-refractivity contribution is 6.28. The maximum atomic E-state index is 12.9. The topological polar surface area (TPSA) is 89.9 Å². The van der Waals surface area contributed by atoms with E-state index in [0.29, 0.717) is 6.20 Å². The van der Waals surface area contributed by atoms with E-state index in [1.54, 1.807) is 0 Å². The van der Waals surface area contributed by atoms with Gasteiger partial charge in [-0.3, -0.25) is 0 Å². The summed E-state index contributed by atoms with van der Waals surface area (Å²) in [4.78, 5) is 6.91. The quantitative estimate of drug-likeness (QED) is 0.677. The Labute approximate surface area is 111 Å². The van der Waals surface area contributed by atoms with Gasteiger partial charge in [-0.25, -0.2) is 9.97 Å². The summed E-state index contributed by atoms with van der Waals surface area (Å²) in [7, 11) is 0. The first kappa shape index (κ1) is 13.6. The summed E-state index contributed by atoms with van der Waals surface area (Å²) < 4.78 is 38.8. The summed E-state index contributed by atoms with van der Waals surface area (Å²) in [6.45, 7) is 0. The van der Waals surface area contributed by atoms with E-state index in [1.165, 1.54) is 18.2 Å². The maximum Gasteiger partial charge on any atom is 0.419 e. The Morgan fingerprint density at radius 3 is 2.63 bits per heavy atom. The molecule has 1 atom stereocenters. The molecule has 0 amide bonds. The summed E-state index contributed by atoms with van der Waals surface area (Å²) in [5.41, 5.74) is 8.11. The van der Waals surface area contributed by atoms with Crippen LogP contribution in [0.25, 0.3) is 0 Å². The minimum Gasteiger partial charge on any atom is -0.385 e. The molecule has 0 aliphatic carbocycles. The van der Waals surface area contributed by atoms with Gasteiger partial charge in [-0.2, -0.15) is 13.2 Å². The lowest BCUT2D eigenvalue weighted by atomic mass is 9.99. The van der Waals surface area contributed by atoms with Crippen LogP contribution in [-0.2, 0) is 11.8 Å². The normalized spacial score (nSPS) is 22.9. The lowest BCUT2D eigenvalue weighted by molar-refractivity contribution is -0.139. The number of dihydropyridines is 1. The Morgan fingerprint density at radius 2 is 2.05 bits per heavy atom. The molecule has 1 aromatic heterocycles. The molecule has 0 aromatic carbocycles. The van der Waals surface area contributed by atoms with Gasteiger partial charge in [0.15, 0.2) is 5.66 Å². The SMILES string of the molecule is NC1=CC=CC(N)(c2nc(Cl)ncc2C(F)(F)F)N1. The van der Waals surface area contributed by atoms with Gasteiger partial charge in [0, 0.05) is 6.20 Å².